The maximum absolute atomic E-state index is 12.6. The van der Waals surface area contributed by atoms with Gasteiger partial charge < -0.3 is 4.57 Å². The molecule has 1 atom stereocenters. The number of hydrogen-bond acceptors (Lipinski definition) is 5. The van der Waals surface area contributed by atoms with Gasteiger partial charge in [0.1, 0.15) is 5.82 Å². The molecular formula is C20H27N5OS. The highest BCUT2D eigenvalue weighted by atomic mass is 32.2. The predicted octanol–water partition coefficient (Wildman–Crippen LogP) is 2.23. The van der Waals surface area contributed by atoms with E-state index >= 15 is 0 Å². The molecule has 0 bridgehead atoms. The summed E-state index contributed by atoms with van der Waals surface area (Å²) < 4.78 is 4.14. The molecule has 0 spiro atoms. The minimum absolute atomic E-state index is 0.0600. The molecule has 0 radical (unpaired) electrons. The van der Waals surface area contributed by atoms with Crippen molar-refractivity contribution >= 4 is 11.8 Å². The average molecular weight is 386 g/mol. The normalized spacial score (nSPS) is 22.6. The number of fused-ring (bicyclic) bond motifs is 2. The van der Waals surface area contributed by atoms with Gasteiger partial charge >= 0.3 is 0 Å². The lowest BCUT2D eigenvalue weighted by atomic mass is 10.1. The highest BCUT2D eigenvalue weighted by Gasteiger charge is 2.27. The Morgan fingerprint density at radius 2 is 2.15 bits per heavy atom. The van der Waals surface area contributed by atoms with Gasteiger partial charge in [0.2, 0.25) is 0 Å². The molecule has 6 nitrogen and oxygen atoms in total. The monoisotopic (exact) mass is 385 g/mol. The molecule has 0 N–H and O–H groups in total. The topological polar surface area (TPSA) is 56.0 Å². The van der Waals surface area contributed by atoms with E-state index in [0.717, 1.165) is 61.7 Å². The zero-order chi connectivity index (χ0) is 18.2. The van der Waals surface area contributed by atoms with Gasteiger partial charge in [-0.2, -0.15) is 16.9 Å². The molecule has 3 aliphatic rings. The lowest BCUT2D eigenvalue weighted by molar-refractivity contribution is 0.210. The standard InChI is InChI=1S/C20H27N5OS/c26-20-10-15-14-27-9-6-18(15)22-25(20)13-16-4-3-7-23(16)12-17-11-21-19-5-1-2-8-24(17)19/h10-11,16H,1-9,12-14H2. The first-order valence-electron chi connectivity index (χ1n) is 10.2. The Hall–Kier alpha value is -1.60. The van der Waals surface area contributed by atoms with Crippen LogP contribution in [-0.4, -0.2) is 42.6 Å². The van der Waals surface area contributed by atoms with Crippen LogP contribution >= 0.6 is 11.8 Å². The Balaban J connectivity index is 1.33. The molecule has 7 heteroatoms. The largest absolute Gasteiger partial charge is 0.331 e. The number of thioether (sulfide) groups is 1. The molecule has 2 aromatic heterocycles. The van der Waals surface area contributed by atoms with Crippen molar-refractivity contribution in [2.75, 3.05) is 12.3 Å². The highest BCUT2D eigenvalue weighted by Crippen LogP contribution is 2.24. The molecule has 0 amide bonds. The Morgan fingerprint density at radius 3 is 3.11 bits per heavy atom. The molecule has 5 heterocycles. The molecular weight excluding hydrogens is 358 g/mol. The quantitative estimate of drug-likeness (QED) is 0.808. The van der Waals surface area contributed by atoms with Gasteiger partial charge in [-0.25, -0.2) is 9.67 Å². The zero-order valence-corrected chi connectivity index (χ0v) is 16.6. The number of aromatic nitrogens is 4. The van der Waals surface area contributed by atoms with Crippen LogP contribution in [0, 0.1) is 0 Å². The maximum atomic E-state index is 12.6. The Labute approximate surface area is 164 Å². The first kappa shape index (κ1) is 17.5. The summed E-state index contributed by atoms with van der Waals surface area (Å²) in [6.07, 6.45) is 9.01. The fourth-order valence-electron chi connectivity index (χ4n) is 4.71. The first-order chi connectivity index (χ1) is 13.3. The van der Waals surface area contributed by atoms with Crippen LogP contribution in [0.15, 0.2) is 17.1 Å². The summed E-state index contributed by atoms with van der Waals surface area (Å²) in [5, 5.41) is 4.72. The molecule has 3 aliphatic heterocycles. The second-order valence-corrected chi connectivity index (χ2v) is 9.09. The average Bonchev–Trinajstić information content (AvgIpc) is 3.30. The minimum Gasteiger partial charge on any atom is -0.331 e. The van der Waals surface area contributed by atoms with Crippen LogP contribution in [0.4, 0.5) is 0 Å². The van der Waals surface area contributed by atoms with E-state index in [-0.39, 0.29) is 5.56 Å². The number of aryl methyl sites for hydroxylation is 2. The van der Waals surface area contributed by atoms with Crippen molar-refractivity contribution in [3.8, 4) is 0 Å². The van der Waals surface area contributed by atoms with Crippen molar-refractivity contribution in [3.63, 3.8) is 0 Å². The number of hydrogen-bond donors (Lipinski definition) is 0. The summed E-state index contributed by atoms with van der Waals surface area (Å²) in [5.74, 6) is 3.29. The molecule has 1 fully saturated rings. The van der Waals surface area contributed by atoms with Gasteiger partial charge in [0.25, 0.3) is 5.56 Å². The van der Waals surface area contributed by atoms with E-state index in [4.69, 9.17) is 5.10 Å². The van der Waals surface area contributed by atoms with Crippen LogP contribution in [-0.2, 0) is 38.2 Å². The molecule has 5 rings (SSSR count). The lowest BCUT2D eigenvalue weighted by Crippen LogP contribution is -2.38. The Kier molecular flexibility index (Phi) is 4.82. The van der Waals surface area contributed by atoms with Crippen molar-refractivity contribution in [1.29, 1.82) is 0 Å². The van der Waals surface area contributed by atoms with E-state index < -0.39 is 0 Å². The SMILES string of the molecule is O=c1cc2c(nn1CC1CCCN1Cc1cnc3n1CCCC3)CCSC2. The summed E-state index contributed by atoms with van der Waals surface area (Å²) in [5.41, 5.74) is 3.66. The van der Waals surface area contributed by atoms with Gasteiger partial charge in [0.05, 0.1) is 17.9 Å². The van der Waals surface area contributed by atoms with Crippen LogP contribution in [0.2, 0.25) is 0 Å². The van der Waals surface area contributed by atoms with Crippen LogP contribution in [0.25, 0.3) is 0 Å². The Morgan fingerprint density at radius 1 is 1.19 bits per heavy atom. The molecule has 0 aromatic carbocycles. The van der Waals surface area contributed by atoms with E-state index in [1.807, 2.05) is 17.8 Å². The van der Waals surface area contributed by atoms with E-state index in [0.29, 0.717) is 12.6 Å². The van der Waals surface area contributed by atoms with E-state index in [9.17, 15) is 4.79 Å². The van der Waals surface area contributed by atoms with Crippen molar-refractivity contribution in [2.45, 2.75) is 70.0 Å². The fraction of sp³-hybridized carbons (Fsp3) is 0.650. The predicted molar refractivity (Wildman–Crippen MR) is 107 cm³/mol. The van der Waals surface area contributed by atoms with Gasteiger partial charge in [0, 0.05) is 50.0 Å². The maximum Gasteiger partial charge on any atom is 0.267 e. The third-order valence-corrected chi connectivity index (χ3v) is 7.21. The number of imidazole rings is 1. The van der Waals surface area contributed by atoms with Gasteiger partial charge in [-0.1, -0.05) is 0 Å². The van der Waals surface area contributed by atoms with E-state index in [1.165, 1.54) is 30.8 Å². The fourth-order valence-corrected chi connectivity index (χ4v) is 5.66. The molecule has 0 aliphatic carbocycles. The van der Waals surface area contributed by atoms with Gasteiger partial charge in [-0.05, 0) is 43.5 Å². The molecule has 1 saturated heterocycles. The van der Waals surface area contributed by atoms with Gasteiger partial charge in [0.15, 0.2) is 0 Å². The smallest absolute Gasteiger partial charge is 0.267 e. The van der Waals surface area contributed by atoms with E-state index in [1.54, 1.807) is 4.68 Å². The summed E-state index contributed by atoms with van der Waals surface area (Å²) in [4.78, 5) is 19.7. The molecule has 2 aromatic rings. The van der Waals surface area contributed by atoms with Crippen LogP contribution in [0.1, 0.15) is 48.5 Å². The summed E-state index contributed by atoms with van der Waals surface area (Å²) in [7, 11) is 0. The van der Waals surface area contributed by atoms with Gasteiger partial charge in [-0.3, -0.25) is 9.69 Å². The number of nitrogens with zero attached hydrogens (tertiary/aromatic N) is 5. The van der Waals surface area contributed by atoms with Crippen molar-refractivity contribution in [3.05, 3.63) is 45.4 Å². The summed E-state index contributed by atoms with van der Waals surface area (Å²) in [6.45, 7) is 3.85. The molecule has 144 valence electrons. The Bertz CT molecular complexity index is 889. The summed E-state index contributed by atoms with van der Waals surface area (Å²) >= 11 is 1.89. The molecule has 0 saturated carbocycles. The number of rotatable bonds is 4. The summed E-state index contributed by atoms with van der Waals surface area (Å²) in [6, 6.07) is 2.21. The van der Waals surface area contributed by atoms with Crippen LogP contribution < -0.4 is 5.56 Å². The van der Waals surface area contributed by atoms with E-state index in [2.05, 4.69) is 20.6 Å². The molecule has 1 unspecified atom stereocenters. The number of likely N-dealkylation sites (tertiary alicyclic amines) is 1. The molecule has 27 heavy (non-hydrogen) atoms. The third-order valence-electron chi connectivity index (χ3n) is 6.21. The van der Waals surface area contributed by atoms with Crippen molar-refractivity contribution < 1.29 is 0 Å². The van der Waals surface area contributed by atoms with Gasteiger partial charge in [-0.15, -0.1) is 0 Å². The third kappa shape index (κ3) is 3.47. The lowest BCUT2D eigenvalue weighted by Gasteiger charge is -2.26. The van der Waals surface area contributed by atoms with Crippen molar-refractivity contribution in [1.82, 2.24) is 24.2 Å². The highest BCUT2D eigenvalue weighted by molar-refractivity contribution is 7.98. The second kappa shape index (κ2) is 7.43. The van der Waals surface area contributed by atoms with Crippen LogP contribution in [0.3, 0.4) is 0 Å². The van der Waals surface area contributed by atoms with Crippen LogP contribution in [0.5, 0.6) is 0 Å². The minimum atomic E-state index is 0.0600. The first-order valence-corrected chi connectivity index (χ1v) is 11.4. The second-order valence-electron chi connectivity index (χ2n) is 7.98. The zero-order valence-electron chi connectivity index (χ0n) is 15.8. The van der Waals surface area contributed by atoms with Crippen molar-refractivity contribution in [2.24, 2.45) is 0 Å².